The second-order valence-electron chi connectivity index (χ2n) is 7.98. The van der Waals surface area contributed by atoms with Crippen LogP contribution in [0.1, 0.15) is 28.6 Å². The predicted octanol–water partition coefficient (Wildman–Crippen LogP) is 5.42. The molecule has 0 bridgehead atoms. The molecule has 1 atom stereocenters. The maximum absolute atomic E-state index is 13.4. The molecule has 0 aliphatic carbocycles. The van der Waals surface area contributed by atoms with Crippen molar-refractivity contribution in [3.8, 4) is 5.69 Å². The van der Waals surface area contributed by atoms with E-state index < -0.39 is 12.2 Å². The van der Waals surface area contributed by atoms with E-state index in [4.69, 9.17) is 4.74 Å². The second-order valence-corrected chi connectivity index (χ2v) is 8.97. The lowest BCUT2D eigenvalue weighted by Gasteiger charge is -2.21. The molecule has 4 aromatic rings. The number of halogens is 2. The van der Waals surface area contributed by atoms with E-state index >= 15 is 0 Å². The van der Waals surface area contributed by atoms with E-state index in [2.05, 4.69) is 10.2 Å². The van der Waals surface area contributed by atoms with Crippen LogP contribution in [0, 0.1) is 25.5 Å². The minimum Gasteiger partial charge on any atom is -0.390 e. The number of aromatic nitrogens is 3. The van der Waals surface area contributed by atoms with Crippen LogP contribution < -0.4 is 0 Å². The van der Waals surface area contributed by atoms with Gasteiger partial charge in [0.1, 0.15) is 23.6 Å². The van der Waals surface area contributed by atoms with E-state index in [1.54, 1.807) is 24.3 Å². The third-order valence-electron chi connectivity index (χ3n) is 5.29. The summed E-state index contributed by atoms with van der Waals surface area (Å²) in [6, 6.07) is 19.9. The van der Waals surface area contributed by atoms with E-state index in [9.17, 15) is 13.9 Å². The fourth-order valence-electron chi connectivity index (χ4n) is 3.51. The summed E-state index contributed by atoms with van der Waals surface area (Å²) in [6.45, 7) is 3.94. The normalized spacial score (nSPS) is 12.3. The number of aliphatic hydroxyl groups excluding tert-OH is 1. The highest BCUT2D eigenvalue weighted by molar-refractivity contribution is 7.99. The third-order valence-corrected chi connectivity index (χ3v) is 6.37. The lowest BCUT2D eigenvalue weighted by molar-refractivity contribution is 0.0154. The molecule has 0 amide bonds. The summed E-state index contributed by atoms with van der Waals surface area (Å²) in [5, 5.41) is 19.7. The maximum atomic E-state index is 13.4. The summed E-state index contributed by atoms with van der Waals surface area (Å²) in [5.74, 6) is 0.380. The van der Waals surface area contributed by atoms with Crippen molar-refractivity contribution in [2.75, 3.05) is 12.4 Å². The van der Waals surface area contributed by atoms with Gasteiger partial charge in [-0.3, -0.25) is 4.57 Å². The van der Waals surface area contributed by atoms with Gasteiger partial charge < -0.3 is 9.84 Å². The molecular weight excluding hydrogens is 456 g/mol. The van der Waals surface area contributed by atoms with Crippen LogP contribution in [0.15, 0.2) is 78.0 Å². The van der Waals surface area contributed by atoms with Gasteiger partial charge in [-0.25, -0.2) is 8.78 Å². The number of aryl methyl sites for hydroxylation is 2. The zero-order chi connectivity index (χ0) is 24.1. The number of benzene rings is 3. The molecule has 0 aliphatic rings. The quantitative estimate of drug-likeness (QED) is 0.324. The number of nitrogens with zero attached hydrogens (tertiary/aromatic N) is 3. The van der Waals surface area contributed by atoms with E-state index in [1.807, 2.05) is 42.7 Å². The van der Waals surface area contributed by atoms with Crippen molar-refractivity contribution in [1.29, 1.82) is 0 Å². The summed E-state index contributed by atoms with van der Waals surface area (Å²) in [4.78, 5) is 0. The minimum atomic E-state index is -0.795. The van der Waals surface area contributed by atoms with Gasteiger partial charge in [0.25, 0.3) is 0 Å². The van der Waals surface area contributed by atoms with Gasteiger partial charge in [0.2, 0.25) is 0 Å². The van der Waals surface area contributed by atoms with Gasteiger partial charge in [-0.1, -0.05) is 53.7 Å². The van der Waals surface area contributed by atoms with Gasteiger partial charge in [-0.2, -0.15) is 0 Å². The first-order valence-electron chi connectivity index (χ1n) is 10.8. The predicted molar refractivity (Wildman–Crippen MR) is 128 cm³/mol. The van der Waals surface area contributed by atoms with E-state index in [0.717, 1.165) is 17.1 Å². The zero-order valence-electron chi connectivity index (χ0n) is 18.9. The van der Waals surface area contributed by atoms with Crippen LogP contribution in [0.25, 0.3) is 5.69 Å². The molecule has 34 heavy (non-hydrogen) atoms. The molecule has 0 saturated heterocycles. The van der Waals surface area contributed by atoms with E-state index in [1.165, 1.54) is 36.0 Å². The first kappa shape index (κ1) is 24.1. The Balaban J connectivity index is 1.43. The molecule has 4 rings (SSSR count). The number of ether oxygens (including phenoxy) is 1. The summed E-state index contributed by atoms with van der Waals surface area (Å²) in [6.07, 6.45) is -1.36. The molecule has 0 spiro atoms. The van der Waals surface area contributed by atoms with Crippen molar-refractivity contribution < 1.29 is 18.6 Å². The van der Waals surface area contributed by atoms with Crippen molar-refractivity contribution in [1.82, 2.24) is 14.8 Å². The van der Waals surface area contributed by atoms with Gasteiger partial charge in [0, 0.05) is 11.4 Å². The summed E-state index contributed by atoms with van der Waals surface area (Å²) >= 11 is 1.38. The van der Waals surface area contributed by atoms with Crippen LogP contribution in [0.2, 0.25) is 0 Å². The Bertz CT molecular complexity index is 1170. The average Bonchev–Trinajstić information content (AvgIpc) is 3.20. The monoisotopic (exact) mass is 481 g/mol. The highest BCUT2D eigenvalue weighted by atomic mass is 32.2. The Morgan fingerprint density at radius 1 is 0.853 bits per heavy atom. The molecule has 1 unspecified atom stereocenters. The first-order chi connectivity index (χ1) is 16.4. The number of thioether (sulfide) groups is 1. The molecule has 5 nitrogen and oxygen atoms in total. The Kier molecular flexibility index (Phi) is 7.72. The minimum absolute atomic E-state index is 0.0318. The Hall–Kier alpha value is -3.07. The van der Waals surface area contributed by atoms with Crippen molar-refractivity contribution >= 4 is 11.8 Å². The first-order valence-corrected chi connectivity index (χ1v) is 11.8. The van der Waals surface area contributed by atoms with Gasteiger partial charge in [0.15, 0.2) is 5.16 Å². The standard InChI is InChI=1S/C26H25F2N3O2S/c1-17-3-13-23(14-4-17)31-18(2)29-30-26(31)34-16-24(32)15-33-25(19-5-9-21(27)10-6-19)20-7-11-22(28)12-8-20/h3-14,24-25,32H,15-16H2,1-2H3. The van der Waals surface area contributed by atoms with E-state index in [-0.39, 0.29) is 18.2 Å². The van der Waals surface area contributed by atoms with Crippen molar-refractivity contribution in [3.05, 3.63) is 107 Å². The van der Waals surface area contributed by atoms with Gasteiger partial charge >= 0.3 is 0 Å². The molecule has 176 valence electrons. The summed E-state index contributed by atoms with van der Waals surface area (Å²) < 4.78 is 34.8. The molecule has 1 N–H and O–H groups in total. The average molecular weight is 482 g/mol. The smallest absolute Gasteiger partial charge is 0.195 e. The molecule has 0 saturated carbocycles. The van der Waals surface area contributed by atoms with Crippen LogP contribution in [0.3, 0.4) is 0 Å². The van der Waals surface area contributed by atoms with Crippen LogP contribution in [-0.4, -0.2) is 38.3 Å². The third kappa shape index (κ3) is 5.88. The second kappa shape index (κ2) is 10.9. The van der Waals surface area contributed by atoms with Gasteiger partial charge in [0.05, 0.1) is 12.7 Å². The number of hydrogen-bond acceptors (Lipinski definition) is 5. The molecule has 0 radical (unpaired) electrons. The lowest BCUT2D eigenvalue weighted by atomic mass is 10.0. The highest BCUT2D eigenvalue weighted by Gasteiger charge is 2.19. The molecule has 1 aromatic heterocycles. The van der Waals surface area contributed by atoms with Crippen LogP contribution in [-0.2, 0) is 4.74 Å². The summed E-state index contributed by atoms with van der Waals surface area (Å²) in [7, 11) is 0. The fourth-order valence-corrected chi connectivity index (χ4v) is 4.42. The Morgan fingerprint density at radius 3 is 1.97 bits per heavy atom. The molecule has 8 heteroatoms. The topological polar surface area (TPSA) is 60.2 Å². The maximum Gasteiger partial charge on any atom is 0.195 e. The summed E-state index contributed by atoms with van der Waals surface area (Å²) in [5.41, 5.74) is 3.53. The van der Waals surface area contributed by atoms with Crippen molar-refractivity contribution in [2.45, 2.75) is 31.2 Å². The number of aliphatic hydroxyl groups is 1. The molecule has 1 heterocycles. The van der Waals surface area contributed by atoms with Crippen molar-refractivity contribution in [2.24, 2.45) is 0 Å². The SMILES string of the molecule is Cc1ccc(-n2c(C)nnc2SCC(O)COC(c2ccc(F)cc2)c2ccc(F)cc2)cc1. The molecule has 0 fully saturated rings. The molecule has 3 aromatic carbocycles. The zero-order valence-corrected chi connectivity index (χ0v) is 19.7. The fraction of sp³-hybridized carbons (Fsp3) is 0.231. The molecule has 0 aliphatic heterocycles. The lowest BCUT2D eigenvalue weighted by Crippen LogP contribution is -2.21. The van der Waals surface area contributed by atoms with Crippen molar-refractivity contribution in [3.63, 3.8) is 0 Å². The van der Waals surface area contributed by atoms with Crippen LogP contribution >= 0.6 is 11.8 Å². The number of rotatable bonds is 9. The highest BCUT2D eigenvalue weighted by Crippen LogP contribution is 2.28. The van der Waals surface area contributed by atoms with Gasteiger partial charge in [-0.15, -0.1) is 10.2 Å². The van der Waals surface area contributed by atoms with Crippen LogP contribution in [0.5, 0.6) is 0 Å². The van der Waals surface area contributed by atoms with E-state index in [0.29, 0.717) is 22.0 Å². The Morgan fingerprint density at radius 2 is 1.41 bits per heavy atom. The Labute approximate surface area is 201 Å². The van der Waals surface area contributed by atoms with Gasteiger partial charge in [-0.05, 0) is 61.4 Å². The van der Waals surface area contributed by atoms with Crippen LogP contribution in [0.4, 0.5) is 8.78 Å². The molecular formula is C26H25F2N3O2S. The largest absolute Gasteiger partial charge is 0.390 e. The number of hydrogen-bond donors (Lipinski definition) is 1.